The number of aliphatic hydroxyl groups is 1. The first-order valence-electron chi connectivity index (χ1n) is 8.53. The standard InChI is InChI=1S/C19H25N3O3/c1-19(23,17-8-5-10-25-17)13-22-18(20-2)21-12-14-9-11-24-16-7-4-3-6-15(14)16/h3-8,10,14,23H,9,11-13H2,1-2H3,(H2,20,21,22). The second kappa shape index (κ2) is 7.61. The summed E-state index contributed by atoms with van der Waals surface area (Å²) in [6, 6.07) is 11.7. The summed E-state index contributed by atoms with van der Waals surface area (Å²) in [5.74, 6) is 2.50. The molecule has 0 saturated carbocycles. The largest absolute Gasteiger partial charge is 0.493 e. The number of nitrogens with one attached hydrogen (secondary N) is 2. The van der Waals surface area contributed by atoms with Crippen molar-refractivity contribution in [1.29, 1.82) is 0 Å². The number of furan rings is 1. The number of hydrogen-bond acceptors (Lipinski definition) is 4. The Morgan fingerprint density at radius 3 is 2.88 bits per heavy atom. The molecule has 0 saturated heterocycles. The van der Waals surface area contributed by atoms with E-state index in [1.807, 2.05) is 18.2 Å². The van der Waals surface area contributed by atoms with Crippen molar-refractivity contribution in [1.82, 2.24) is 10.6 Å². The van der Waals surface area contributed by atoms with Crippen LogP contribution in [0.15, 0.2) is 52.1 Å². The zero-order valence-electron chi connectivity index (χ0n) is 14.7. The van der Waals surface area contributed by atoms with E-state index in [9.17, 15) is 5.11 Å². The summed E-state index contributed by atoms with van der Waals surface area (Å²) >= 11 is 0. The van der Waals surface area contributed by atoms with Crippen LogP contribution in [-0.4, -0.2) is 37.8 Å². The highest BCUT2D eigenvalue weighted by molar-refractivity contribution is 5.79. The molecule has 1 aliphatic rings. The van der Waals surface area contributed by atoms with Gasteiger partial charge in [0, 0.05) is 19.5 Å². The normalized spacial score (nSPS) is 19.5. The fourth-order valence-electron chi connectivity index (χ4n) is 3.00. The van der Waals surface area contributed by atoms with Gasteiger partial charge in [-0.1, -0.05) is 18.2 Å². The third-order valence-corrected chi connectivity index (χ3v) is 4.47. The van der Waals surface area contributed by atoms with Crippen molar-refractivity contribution >= 4 is 5.96 Å². The first kappa shape index (κ1) is 17.4. The number of nitrogens with zero attached hydrogens (tertiary/aromatic N) is 1. The highest BCUT2D eigenvalue weighted by atomic mass is 16.5. The number of benzene rings is 1. The molecule has 2 unspecified atom stereocenters. The first-order valence-corrected chi connectivity index (χ1v) is 8.53. The van der Waals surface area contributed by atoms with E-state index in [4.69, 9.17) is 9.15 Å². The van der Waals surface area contributed by atoms with Crippen LogP contribution >= 0.6 is 0 Å². The summed E-state index contributed by atoms with van der Waals surface area (Å²) in [7, 11) is 1.72. The average molecular weight is 343 g/mol. The van der Waals surface area contributed by atoms with Gasteiger partial charge in [-0.15, -0.1) is 0 Å². The van der Waals surface area contributed by atoms with Crippen LogP contribution in [0.25, 0.3) is 0 Å². The van der Waals surface area contributed by atoms with Crippen molar-refractivity contribution in [3.63, 3.8) is 0 Å². The van der Waals surface area contributed by atoms with Gasteiger partial charge in [0.25, 0.3) is 0 Å². The van der Waals surface area contributed by atoms with E-state index in [1.54, 1.807) is 32.4 Å². The van der Waals surface area contributed by atoms with E-state index in [0.29, 0.717) is 24.2 Å². The van der Waals surface area contributed by atoms with Crippen LogP contribution in [0.1, 0.15) is 30.6 Å². The van der Waals surface area contributed by atoms with E-state index in [2.05, 4.69) is 21.7 Å². The molecule has 1 aromatic carbocycles. The van der Waals surface area contributed by atoms with Gasteiger partial charge >= 0.3 is 0 Å². The number of para-hydroxylation sites is 1. The molecule has 3 rings (SSSR count). The highest BCUT2D eigenvalue weighted by Crippen LogP contribution is 2.32. The smallest absolute Gasteiger partial charge is 0.191 e. The Balaban J connectivity index is 1.55. The SMILES string of the molecule is CN=C(NCC1CCOc2ccccc21)NCC(C)(O)c1ccco1. The number of ether oxygens (including phenoxy) is 1. The molecule has 6 nitrogen and oxygen atoms in total. The Bertz CT molecular complexity index is 710. The Kier molecular flexibility index (Phi) is 5.28. The fourth-order valence-corrected chi connectivity index (χ4v) is 3.00. The number of hydrogen-bond donors (Lipinski definition) is 3. The van der Waals surface area contributed by atoms with Crippen LogP contribution in [0, 0.1) is 0 Å². The van der Waals surface area contributed by atoms with E-state index in [-0.39, 0.29) is 0 Å². The molecule has 6 heteroatoms. The van der Waals surface area contributed by atoms with Crippen LogP contribution in [0.3, 0.4) is 0 Å². The van der Waals surface area contributed by atoms with E-state index < -0.39 is 5.60 Å². The van der Waals surface area contributed by atoms with E-state index >= 15 is 0 Å². The Morgan fingerprint density at radius 1 is 1.28 bits per heavy atom. The molecular weight excluding hydrogens is 318 g/mol. The molecule has 0 aliphatic carbocycles. The topological polar surface area (TPSA) is 79.0 Å². The van der Waals surface area contributed by atoms with Gasteiger partial charge in [-0.05, 0) is 37.1 Å². The summed E-state index contributed by atoms with van der Waals surface area (Å²) in [4.78, 5) is 4.23. The lowest BCUT2D eigenvalue weighted by atomic mass is 9.93. The minimum absolute atomic E-state index is 0.296. The molecule has 134 valence electrons. The van der Waals surface area contributed by atoms with E-state index in [0.717, 1.165) is 25.3 Å². The van der Waals surface area contributed by atoms with Crippen LogP contribution in [0.4, 0.5) is 0 Å². The molecule has 2 heterocycles. The minimum atomic E-state index is -1.10. The van der Waals surface area contributed by atoms with Gasteiger partial charge in [-0.3, -0.25) is 4.99 Å². The van der Waals surface area contributed by atoms with Crippen molar-refractivity contribution in [2.24, 2.45) is 4.99 Å². The van der Waals surface area contributed by atoms with Gasteiger partial charge in [-0.2, -0.15) is 0 Å². The molecule has 1 aliphatic heterocycles. The molecule has 3 N–H and O–H groups in total. The minimum Gasteiger partial charge on any atom is -0.493 e. The molecule has 0 bridgehead atoms. The van der Waals surface area contributed by atoms with Gasteiger partial charge < -0.3 is 24.9 Å². The molecule has 0 radical (unpaired) electrons. The molecule has 0 amide bonds. The summed E-state index contributed by atoms with van der Waals surface area (Å²) < 4.78 is 11.0. The van der Waals surface area contributed by atoms with Gasteiger partial charge in [0.05, 0.1) is 19.4 Å². The summed E-state index contributed by atoms with van der Waals surface area (Å²) in [6.45, 7) is 3.48. The number of aliphatic imine (C=N–C) groups is 1. The zero-order chi connectivity index (χ0) is 17.7. The molecular formula is C19H25N3O3. The molecule has 2 atom stereocenters. The number of fused-ring (bicyclic) bond motifs is 1. The Hall–Kier alpha value is -2.47. The fraction of sp³-hybridized carbons (Fsp3) is 0.421. The van der Waals surface area contributed by atoms with Crippen LogP contribution in [0.5, 0.6) is 5.75 Å². The van der Waals surface area contributed by atoms with Crippen LogP contribution < -0.4 is 15.4 Å². The summed E-state index contributed by atoms with van der Waals surface area (Å²) in [5.41, 5.74) is 0.117. The third-order valence-electron chi connectivity index (χ3n) is 4.47. The third kappa shape index (κ3) is 4.14. The molecule has 25 heavy (non-hydrogen) atoms. The average Bonchev–Trinajstić information content (AvgIpc) is 3.17. The Morgan fingerprint density at radius 2 is 2.12 bits per heavy atom. The first-order chi connectivity index (χ1) is 12.1. The monoisotopic (exact) mass is 343 g/mol. The van der Waals surface area contributed by atoms with Crippen molar-refractivity contribution < 1.29 is 14.3 Å². The lowest BCUT2D eigenvalue weighted by Crippen LogP contribution is -2.45. The lowest BCUT2D eigenvalue weighted by Gasteiger charge is -2.27. The zero-order valence-corrected chi connectivity index (χ0v) is 14.7. The lowest BCUT2D eigenvalue weighted by molar-refractivity contribution is 0.0386. The second-order valence-electron chi connectivity index (χ2n) is 6.43. The van der Waals surface area contributed by atoms with Crippen molar-refractivity contribution in [2.45, 2.75) is 24.9 Å². The van der Waals surface area contributed by atoms with Crippen molar-refractivity contribution in [3.05, 3.63) is 54.0 Å². The van der Waals surface area contributed by atoms with Crippen LogP contribution in [-0.2, 0) is 5.60 Å². The second-order valence-corrected chi connectivity index (χ2v) is 6.43. The highest BCUT2D eigenvalue weighted by Gasteiger charge is 2.27. The Labute approximate surface area is 147 Å². The number of guanidine groups is 1. The predicted octanol–water partition coefficient (Wildman–Crippen LogP) is 2.22. The van der Waals surface area contributed by atoms with Gasteiger partial charge in [0.2, 0.25) is 0 Å². The van der Waals surface area contributed by atoms with Crippen LogP contribution in [0.2, 0.25) is 0 Å². The number of rotatable bonds is 5. The van der Waals surface area contributed by atoms with Gasteiger partial charge in [-0.25, -0.2) is 0 Å². The predicted molar refractivity (Wildman–Crippen MR) is 96.9 cm³/mol. The molecule has 0 spiro atoms. The summed E-state index contributed by atoms with van der Waals surface area (Å²) in [5, 5.41) is 17.0. The summed E-state index contributed by atoms with van der Waals surface area (Å²) in [6.07, 6.45) is 2.52. The molecule has 1 aromatic heterocycles. The maximum atomic E-state index is 10.5. The quantitative estimate of drug-likeness (QED) is 0.573. The van der Waals surface area contributed by atoms with E-state index in [1.165, 1.54) is 5.56 Å². The van der Waals surface area contributed by atoms with Crippen molar-refractivity contribution in [3.8, 4) is 5.75 Å². The van der Waals surface area contributed by atoms with Gasteiger partial charge in [0.1, 0.15) is 17.1 Å². The maximum Gasteiger partial charge on any atom is 0.191 e. The molecule has 0 fully saturated rings. The molecule has 2 aromatic rings. The van der Waals surface area contributed by atoms with Crippen molar-refractivity contribution in [2.75, 3.05) is 26.7 Å². The van der Waals surface area contributed by atoms with Gasteiger partial charge in [0.15, 0.2) is 5.96 Å². The maximum absolute atomic E-state index is 10.5.